The lowest BCUT2D eigenvalue weighted by Crippen LogP contribution is -2.55. The minimum atomic E-state index is -3.90. The molecular weight excluding hydrogens is 529 g/mol. The summed E-state index contributed by atoms with van der Waals surface area (Å²) in [6, 6.07) is 22.9. The van der Waals surface area contributed by atoms with Crippen LogP contribution in [0, 0.1) is 5.82 Å². The smallest absolute Gasteiger partial charge is 0.244 e. The van der Waals surface area contributed by atoms with Crippen molar-refractivity contribution in [2.45, 2.75) is 57.2 Å². The highest BCUT2D eigenvalue weighted by atomic mass is 32.2. The maximum absolute atomic E-state index is 14.0. The quantitative estimate of drug-likeness (QED) is 0.366. The highest BCUT2D eigenvalue weighted by molar-refractivity contribution is 7.92. The molecule has 3 aromatic rings. The highest BCUT2D eigenvalue weighted by Crippen LogP contribution is 2.22. The monoisotopic (exact) mass is 565 g/mol. The van der Waals surface area contributed by atoms with Crippen molar-refractivity contribution < 1.29 is 22.4 Å². The molecule has 7 nitrogen and oxygen atoms in total. The average molecular weight is 566 g/mol. The van der Waals surface area contributed by atoms with Crippen molar-refractivity contribution in [1.82, 2.24) is 10.2 Å². The summed E-state index contributed by atoms with van der Waals surface area (Å²) < 4.78 is 40.1. The van der Waals surface area contributed by atoms with Gasteiger partial charge in [0.1, 0.15) is 18.4 Å². The molecule has 0 bridgehead atoms. The number of rotatable bonds is 11. The zero-order valence-corrected chi connectivity index (χ0v) is 23.5. The van der Waals surface area contributed by atoms with Gasteiger partial charge in [-0.3, -0.25) is 13.9 Å². The van der Waals surface area contributed by atoms with Crippen molar-refractivity contribution >= 4 is 27.5 Å². The van der Waals surface area contributed by atoms with E-state index in [1.165, 1.54) is 17.0 Å². The van der Waals surface area contributed by atoms with Crippen LogP contribution in [0.15, 0.2) is 84.9 Å². The molecule has 212 valence electrons. The first-order valence-corrected chi connectivity index (χ1v) is 15.5. The second-order valence-corrected chi connectivity index (χ2v) is 12.2. The number of carbonyl (C=O) groups is 2. The standard InChI is InChI=1S/C31H36FN3O4S/c1-40(38,39)35(28-19-17-26(32)18-20-28)23-30(36)34(22-25-13-7-3-8-14-25)29(21-24-11-5-2-6-12-24)31(37)33-27-15-9-4-10-16-27/h2-3,5-8,11-14,17-20,27,29H,4,9-10,15-16,21-23H2,1H3,(H,33,37)/t29-/m0/s1. The molecule has 0 aliphatic heterocycles. The summed E-state index contributed by atoms with van der Waals surface area (Å²) in [6.07, 6.45) is 6.29. The summed E-state index contributed by atoms with van der Waals surface area (Å²) in [5, 5.41) is 3.18. The summed E-state index contributed by atoms with van der Waals surface area (Å²) in [5.41, 5.74) is 1.87. The highest BCUT2D eigenvalue weighted by Gasteiger charge is 2.34. The summed E-state index contributed by atoms with van der Waals surface area (Å²) in [7, 11) is -3.90. The van der Waals surface area contributed by atoms with Crippen LogP contribution in [0.2, 0.25) is 0 Å². The minimum Gasteiger partial charge on any atom is -0.352 e. The van der Waals surface area contributed by atoms with Gasteiger partial charge >= 0.3 is 0 Å². The van der Waals surface area contributed by atoms with E-state index in [1.807, 2.05) is 60.7 Å². The van der Waals surface area contributed by atoms with Crippen molar-refractivity contribution in [3.63, 3.8) is 0 Å². The van der Waals surface area contributed by atoms with Crippen LogP contribution >= 0.6 is 0 Å². The zero-order valence-electron chi connectivity index (χ0n) is 22.7. The van der Waals surface area contributed by atoms with E-state index in [-0.39, 0.29) is 30.6 Å². The fourth-order valence-electron chi connectivity index (χ4n) is 5.10. The van der Waals surface area contributed by atoms with Gasteiger partial charge < -0.3 is 10.2 Å². The van der Waals surface area contributed by atoms with Crippen molar-refractivity contribution in [3.05, 3.63) is 102 Å². The molecule has 4 rings (SSSR count). The van der Waals surface area contributed by atoms with E-state index in [0.717, 1.165) is 65.9 Å². The van der Waals surface area contributed by atoms with Crippen molar-refractivity contribution in [3.8, 4) is 0 Å². The third-order valence-corrected chi connectivity index (χ3v) is 8.35. The first-order valence-electron chi connectivity index (χ1n) is 13.6. The van der Waals surface area contributed by atoms with E-state index in [2.05, 4.69) is 5.32 Å². The van der Waals surface area contributed by atoms with Crippen LogP contribution in [0.4, 0.5) is 10.1 Å². The molecule has 0 radical (unpaired) electrons. The summed E-state index contributed by atoms with van der Waals surface area (Å²) in [6.45, 7) is -0.407. The van der Waals surface area contributed by atoms with E-state index in [4.69, 9.17) is 0 Å². The van der Waals surface area contributed by atoms with Gasteiger partial charge in [-0.2, -0.15) is 0 Å². The predicted octanol–water partition coefficient (Wildman–Crippen LogP) is 4.68. The summed E-state index contributed by atoms with van der Waals surface area (Å²) in [4.78, 5) is 29.4. The van der Waals surface area contributed by atoms with Gasteiger partial charge in [0, 0.05) is 19.0 Å². The second kappa shape index (κ2) is 13.6. The molecule has 0 saturated heterocycles. The van der Waals surface area contributed by atoms with Gasteiger partial charge in [-0.15, -0.1) is 0 Å². The Morgan fingerprint density at radius 2 is 1.45 bits per heavy atom. The third-order valence-electron chi connectivity index (χ3n) is 7.21. The Balaban J connectivity index is 1.69. The van der Waals surface area contributed by atoms with E-state index < -0.39 is 34.3 Å². The molecule has 3 aromatic carbocycles. The second-order valence-electron chi connectivity index (χ2n) is 10.3. The Bertz CT molecular complexity index is 1360. The lowest BCUT2D eigenvalue weighted by atomic mass is 9.94. The minimum absolute atomic E-state index is 0.0416. The number of hydrogen-bond acceptors (Lipinski definition) is 4. The van der Waals surface area contributed by atoms with Gasteiger partial charge in [0.15, 0.2) is 0 Å². The Morgan fingerprint density at radius 1 is 0.875 bits per heavy atom. The van der Waals surface area contributed by atoms with Gasteiger partial charge in [0.05, 0.1) is 11.9 Å². The fraction of sp³-hybridized carbons (Fsp3) is 0.355. The molecular formula is C31H36FN3O4S. The maximum atomic E-state index is 14.0. The molecule has 1 atom stereocenters. The topological polar surface area (TPSA) is 86.8 Å². The van der Waals surface area contributed by atoms with Gasteiger partial charge in [-0.25, -0.2) is 12.8 Å². The lowest BCUT2D eigenvalue weighted by Gasteiger charge is -2.35. The molecule has 1 saturated carbocycles. The number of nitrogens with one attached hydrogen (secondary N) is 1. The normalized spacial score (nSPS) is 14.8. The van der Waals surface area contributed by atoms with Gasteiger partial charge in [-0.05, 0) is 48.2 Å². The van der Waals surface area contributed by atoms with E-state index in [9.17, 15) is 22.4 Å². The lowest BCUT2D eigenvalue weighted by molar-refractivity contribution is -0.140. The molecule has 0 spiro atoms. The molecule has 9 heteroatoms. The number of carbonyl (C=O) groups excluding carboxylic acids is 2. The first-order chi connectivity index (χ1) is 19.2. The zero-order chi connectivity index (χ0) is 28.5. The number of benzene rings is 3. The molecule has 0 aromatic heterocycles. The number of hydrogen-bond donors (Lipinski definition) is 1. The van der Waals surface area contributed by atoms with Crippen molar-refractivity contribution in [2.24, 2.45) is 0 Å². The maximum Gasteiger partial charge on any atom is 0.244 e. The Hall–Kier alpha value is -3.72. The van der Waals surface area contributed by atoms with Gasteiger partial charge in [0.2, 0.25) is 21.8 Å². The number of sulfonamides is 1. The molecule has 1 aliphatic carbocycles. The fourth-order valence-corrected chi connectivity index (χ4v) is 5.95. The largest absolute Gasteiger partial charge is 0.352 e. The molecule has 1 aliphatic rings. The number of amides is 2. The summed E-state index contributed by atoms with van der Waals surface area (Å²) >= 11 is 0. The number of nitrogens with zero attached hydrogens (tertiary/aromatic N) is 2. The summed E-state index contributed by atoms with van der Waals surface area (Å²) in [5.74, 6) is -1.30. The first kappa shape index (κ1) is 29.3. The van der Waals surface area contributed by atoms with Gasteiger partial charge in [0.25, 0.3) is 0 Å². The van der Waals surface area contributed by atoms with E-state index in [1.54, 1.807) is 0 Å². The Morgan fingerprint density at radius 3 is 2.02 bits per heavy atom. The van der Waals surface area contributed by atoms with Crippen LogP contribution in [0.5, 0.6) is 0 Å². The predicted molar refractivity (Wildman–Crippen MR) is 155 cm³/mol. The molecule has 1 fully saturated rings. The van der Waals surface area contributed by atoms with E-state index >= 15 is 0 Å². The molecule has 0 heterocycles. The van der Waals surface area contributed by atoms with Crippen molar-refractivity contribution in [1.29, 1.82) is 0 Å². The van der Waals surface area contributed by atoms with E-state index in [0.29, 0.717) is 0 Å². The van der Waals surface area contributed by atoms with Crippen LogP contribution in [0.1, 0.15) is 43.2 Å². The Labute approximate surface area is 236 Å². The molecule has 40 heavy (non-hydrogen) atoms. The van der Waals surface area contributed by atoms with Crippen molar-refractivity contribution in [2.75, 3.05) is 17.1 Å². The SMILES string of the molecule is CS(=O)(=O)N(CC(=O)N(Cc1ccccc1)[C@@H](Cc1ccccc1)C(=O)NC1CCCCC1)c1ccc(F)cc1. The van der Waals surface area contributed by atoms with Crippen LogP contribution in [-0.2, 0) is 32.6 Å². The Kier molecular flexibility index (Phi) is 9.93. The molecule has 2 amide bonds. The van der Waals surface area contributed by atoms with Crippen LogP contribution < -0.4 is 9.62 Å². The van der Waals surface area contributed by atoms with Crippen LogP contribution in [-0.4, -0.2) is 50.0 Å². The number of anilines is 1. The van der Waals surface area contributed by atoms with Gasteiger partial charge in [-0.1, -0.05) is 79.9 Å². The van der Waals surface area contributed by atoms with Crippen LogP contribution in [0.25, 0.3) is 0 Å². The molecule has 1 N–H and O–H groups in total. The number of halogens is 1. The third kappa shape index (κ3) is 8.14. The average Bonchev–Trinajstić information content (AvgIpc) is 2.95. The molecule has 0 unspecified atom stereocenters. The van der Waals surface area contributed by atoms with Crippen LogP contribution in [0.3, 0.4) is 0 Å².